The van der Waals surface area contributed by atoms with Crippen LogP contribution in [0.3, 0.4) is 0 Å². The van der Waals surface area contributed by atoms with Crippen LogP contribution in [0.4, 0.5) is 0 Å². The lowest BCUT2D eigenvalue weighted by Gasteiger charge is -2.14. The van der Waals surface area contributed by atoms with E-state index in [-0.39, 0.29) is 43.5 Å². The molecule has 0 amide bonds. The molecule has 0 fully saturated rings. The molecule has 10 nitrogen and oxygen atoms in total. The van der Waals surface area contributed by atoms with E-state index in [0.717, 1.165) is 18.2 Å². The fourth-order valence-corrected chi connectivity index (χ4v) is 2.99. The third-order valence-corrected chi connectivity index (χ3v) is 4.67. The summed E-state index contributed by atoms with van der Waals surface area (Å²) in [5.74, 6) is 0.859. The number of rotatable bonds is 13. The van der Waals surface area contributed by atoms with E-state index in [9.17, 15) is 25.2 Å². The monoisotopic (exact) mass is 500 g/mol. The van der Waals surface area contributed by atoms with Crippen LogP contribution < -0.4 is 14.2 Å². The Kier molecular flexibility index (Phi) is 9.75. The Morgan fingerprint density at radius 3 is 1.61 bits per heavy atom. The standard InChI is InChI=1S/C26H28O10/c1-32-13-20(29)14-33-22-2-6-24(7-3-22)36-25-8-4-23(5-9-25)34-15-21(30)16-35-26(31)17-10-18(27)12-19(28)11-17/h2-12,20-21,27-30H,13-16H2,1H3. The van der Waals surface area contributed by atoms with Gasteiger partial charge >= 0.3 is 5.97 Å². The number of phenols is 2. The molecular weight excluding hydrogens is 472 g/mol. The van der Waals surface area contributed by atoms with Crippen LogP contribution in [0.5, 0.6) is 34.5 Å². The van der Waals surface area contributed by atoms with Gasteiger partial charge in [-0.05, 0) is 60.7 Å². The molecule has 4 N–H and O–H groups in total. The van der Waals surface area contributed by atoms with Gasteiger partial charge in [-0.1, -0.05) is 0 Å². The summed E-state index contributed by atoms with van der Waals surface area (Å²) < 4.78 is 26.6. The quantitative estimate of drug-likeness (QED) is 0.259. The summed E-state index contributed by atoms with van der Waals surface area (Å²) >= 11 is 0. The molecule has 0 saturated heterocycles. The van der Waals surface area contributed by atoms with Crippen LogP contribution in [0.1, 0.15) is 10.4 Å². The molecule has 0 saturated carbocycles. The highest BCUT2D eigenvalue weighted by Crippen LogP contribution is 2.26. The maximum atomic E-state index is 12.0. The number of phenolic OH excluding ortho intramolecular Hbond substituents is 2. The maximum Gasteiger partial charge on any atom is 0.338 e. The molecule has 0 aliphatic carbocycles. The van der Waals surface area contributed by atoms with Crippen LogP contribution in [0.2, 0.25) is 0 Å². The zero-order valence-corrected chi connectivity index (χ0v) is 19.6. The van der Waals surface area contributed by atoms with Gasteiger partial charge in [0, 0.05) is 13.2 Å². The van der Waals surface area contributed by atoms with Crippen molar-refractivity contribution in [3.8, 4) is 34.5 Å². The number of methoxy groups -OCH3 is 1. The summed E-state index contributed by atoms with van der Waals surface area (Å²) in [5, 5.41) is 38.5. The molecule has 3 aromatic carbocycles. The second-order valence-corrected chi connectivity index (χ2v) is 7.77. The number of aliphatic hydroxyl groups excluding tert-OH is 2. The average molecular weight is 501 g/mol. The molecule has 0 aliphatic rings. The van der Waals surface area contributed by atoms with Gasteiger partial charge in [0.15, 0.2) is 0 Å². The average Bonchev–Trinajstić information content (AvgIpc) is 2.86. The number of hydrogen-bond donors (Lipinski definition) is 4. The number of benzene rings is 3. The number of carbonyl (C=O) groups is 1. The highest BCUT2D eigenvalue weighted by molar-refractivity contribution is 5.90. The predicted molar refractivity (Wildman–Crippen MR) is 128 cm³/mol. The van der Waals surface area contributed by atoms with Gasteiger partial charge in [-0.3, -0.25) is 0 Å². The van der Waals surface area contributed by atoms with Crippen LogP contribution in [-0.2, 0) is 9.47 Å². The lowest BCUT2D eigenvalue weighted by Crippen LogP contribution is -2.25. The number of hydrogen-bond acceptors (Lipinski definition) is 10. The molecule has 0 heterocycles. The molecule has 3 aromatic rings. The van der Waals surface area contributed by atoms with Crippen molar-refractivity contribution in [2.24, 2.45) is 0 Å². The van der Waals surface area contributed by atoms with Gasteiger partial charge in [0.2, 0.25) is 0 Å². The molecule has 2 atom stereocenters. The van der Waals surface area contributed by atoms with Gasteiger partial charge in [0.25, 0.3) is 0 Å². The molecule has 36 heavy (non-hydrogen) atoms. The highest BCUT2D eigenvalue weighted by Gasteiger charge is 2.14. The van der Waals surface area contributed by atoms with Crippen molar-refractivity contribution < 1.29 is 48.9 Å². The van der Waals surface area contributed by atoms with E-state index in [0.29, 0.717) is 23.0 Å². The van der Waals surface area contributed by atoms with Crippen LogP contribution in [0.15, 0.2) is 66.7 Å². The minimum atomic E-state index is -1.09. The van der Waals surface area contributed by atoms with Crippen LogP contribution >= 0.6 is 0 Å². The van der Waals surface area contributed by atoms with Gasteiger partial charge < -0.3 is 44.1 Å². The first kappa shape index (κ1) is 26.6. The lowest BCUT2D eigenvalue weighted by atomic mass is 10.2. The van der Waals surface area contributed by atoms with Crippen LogP contribution in [0.25, 0.3) is 0 Å². The first-order valence-corrected chi connectivity index (χ1v) is 11.0. The van der Waals surface area contributed by atoms with Crippen LogP contribution in [-0.4, -0.2) is 72.1 Å². The van der Waals surface area contributed by atoms with Crippen molar-refractivity contribution >= 4 is 5.97 Å². The predicted octanol–water partition coefficient (Wildman–Crippen LogP) is 2.87. The first-order valence-electron chi connectivity index (χ1n) is 11.0. The minimum Gasteiger partial charge on any atom is -0.508 e. The van der Waals surface area contributed by atoms with Crippen molar-refractivity contribution in [1.29, 1.82) is 0 Å². The van der Waals surface area contributed by atoms with E-state index in [1.165, 1.54) is 7.11 Å². The van der Waals surface area contributed by atoms with E-state index in [1.54, 1.807) is 48.5 Å². The molecule has 0 bridgehead atoms. The third-order valence-electron chi connectivity index (χ3n) is 4.67. The van der Waals surface area contributed by atoms with E-state index in [1.807, 2.05) is 0 Å². The molecule has 0 aromatic heterocycles. The molecule has 192 valence electrons. The molecule has 3 rings (SSSR count). The summed E-state index contributed by atoms with van der Waals surface area (Å²) in [6.07, 6.45) is -1.80. The van der Waals surface area contributed by atoms with E-state index in [4.69, 9.17) is 23.7 Å². The Balaban J connectivity index is 1.40. The van der Waals surface area contributed by atoms with Crippen molar-refractivity contribution in [3.63, 3.8) is 0 Å². The first-order chi connectivity index (χ1) is 17.3. The molecule has 10 heteroatoms. The summed E-state index contributed by atoms with van der Waals surface area (Å²) in [4.78, 5) is 12.0. The molecule has 2 unspecified atom stereocenters. The molecular formula is C26H28O10. The summed E-state index contributed by atoms with van der Waals surface area (Å²) in [5.41, 5.74) is -0.0424. The van der Waals surface area contributed by atoms with Crippen molar-refractivity contribution in [3.05, 3.63) is 72.3 Å². The number of esters is 1. The molecule has 0 aliphatic heterocycles. The Morgan fingerprint density at radius 2 is 1.14 bits per heavy atom. The topological polar surface area (TPSA) is 144 Å². The fraction of sp³-hybridized carbons (Fsp3) is 0.269. The lowest BCUT2D eigenvalue weighted by molar-refractivity contribution is 0.0129. The van der Waals surface area contributed by atoms with Gasteiger partial charge in [0.1, 0.15) is 66.5 Å². The van der Waals surface area contributed by atoms with Gasteiger partial charge in [-0.15, -0.1) is 0 Å². The Labute approximate surface area is 207 Å². The van der Waals surface area contributed by atoms with Gasteiger partial charge in [-0.2, -0.15) is 0 Å². The largest absolute Gasteiger partial charge is 0.508 e. The number of ether oxygens (including phenoxy) is 5. The fourth-order valence-electron chi connectivity index (χ4n) is 2.99. The Morgan fingerprint density at radius 1 is 0.694 bits per heavy atom. The zero-order chi connectivity index (χ0) is 25.9. The molecule has 0 radical (unpaired) electrons. The van der Waals surface area contributed by atoms with Crippen molar-refractivity contribution in [2.75, 3.05) is 33.5 Å². The summed E-state index contributed by atoms with van der Waals surface area (Å²) in [6.45, 7) is -0.143. The Bertz CT molecular complexity index is 1080. The smallest absolute Gasteiger partial charge is 0.338 e. The SMILES string of the molecule is COCC(O)COc1ccc(Oc2ccc(OCC(O)COC(=O)c3cc(O)cc(O)c3)cc2)cc1. The molecule has 0 spiro atoms. The highest BCUT2D eigenvalue weighted by atomic mass is 16.5. The minimum absolute atomic E-state index is 0.0424. The van der Waals surface area contributed by atoms with Crippen molar-refractivity contribution in [1.82, 2.24) is 0 Å². The van der Waals surface area contributed by atoms with E-state index >= 15 is 0 Å². The zero-order valence-electron chi connectivity index (χ0n) is 19.6. The van der Waals surface area contributed by atoms with E-state index in [2.05, 4.69) is 0 Å². The second-order valence-electron chi connectivity index (χ2n) is 7.77. The third kappa shape index (κ3) is 8.66. The number of carbonyl (C=O) groups excluding carboxylic acids is 1. The summed E-state index contributed by atoms with van der Waals surface area (Å²) in [6, 6.07) is 17.0. The number of aromatic hydroxyl groups is 2. The Hall–Kier alpha value is -3.99. The van der Waals surface area contributed by atoms with Crippen molar-refractivity contribution in [2.45, 2.75) is 12.2 Å². The maximum absolute atomic E-state index is 12.0. The number of aliphatic hydroxyl groups is 2. The summed E-state index contributed by atoms with van der Waals surface area (Å²) in [7, 11) is 1.51. The van der Waals surface area contributed by atoms with Crippen LogP contribution in [0, 0.1) is 0 Å². The van der Waals surface area contributed by atoms with Gasteiger partial charge in [-0.25, -0.2) is 4.79 Å². The second kappa shape index (κ2) is 13.2. The normalized spacial score (nSPS) is 12.4. The van der Waals surface area contributed by atoms with E-state index < -0.39 is 18.2 Å². The van der Waals surface area contributed by atoms with Gasteiger partial charge in [0.05, 0.1) is 12.2 Å².